The van der Waals surface area contributed by atoms with Gasteiger partial charge < -0.3 is 15.3 Å². The Morgan fingerprint density at radius 3 is 2.43 bits per heavy atom. The lowest BCUT2D eigenvalue weighted by Crippen LogP contribution is -2.25. The summed E-state index contributed by atoms with van der Waals surface area (Å²) < 4.78 is 6.20. The van der Waals surface area contributed by atoms with E-state index in [1.807, 2.05) is 70.2 Å². The molecule has 1 heterocycles. The lowest BCUT2D eigenvalue weighted by Gasteiger charge is -2.30. The molecule has 0 saturated carbocycles. The highest BCUT2D eigenvalue weighted by atomic mass is 35.5. The maximum absolute atomic E-state index is 10.1. The van der Waals surface area contributed by atoms with Gasteiger partial charge in [-0.05, 0) is 80.3 Å². The molecule has 0 fully saturated rings. The van der Waals surface area contributed by atoms with Crippen LogP contribution in [0.4, 0.5) is 5.82 Å². The summed E-state index contributed by atoms with van der Waals surface area (Å²) in [4.78, 5) is 4.59. The second kappa shape index (κ2) is 8.05. The number of aliphatic hydroxyl groups excluding tert-OH is 1. The Hall–Kier alpha value is -2.18. The first-order valence-electron chi connectivity index (χ1n) is 9.19. The van der Waals surface area contributed by atoms with Crippen LogP contribution in [-0.4, -0.2) is 22.3 Å². The number of nitrogens with zero attached hydrogens (tertiary/aromatic N) is 1. The minimum absolute atomic E-state index is 0.125. The van der Waals surface area contributed by atoms with E-state index in [0.29, 0.717) is 10.8 Å². The highest BCUT2D eigenvalue weighted by Crippen LogP contribution is 2.40. The zero-order valence-electron chi connectivity index (χ0n) is 16.6. The predicted molar refractivity (Wildman–Crippen MR) is 115 cm³/mol. The number of nitrogens with two attached hydrogens (primary N) is 1. The highest BCUT2D eigenvalue weighted by Gasteiger charge is 2.26. The van der Waals surface area contributed by atoms with Crippen LogP contribution >= 0.6 is 11.6 Å². The second-order valence-electron chi connectivity index (χ2n) is 7.80. The molecule has 0 bridgehead atoms. The van der Waals surface area contributed by atoms with Gasteiger partial charge in [0.1, 0.15) is 11.9 Å². The van der Waals surface area contributed by atoms with Crippen LogP contribution in [-0.2, 0) is 4.74 Å². The van der Waals surface area contributed by atoms with E-state index in [4.69, 9.17) is 22.2 Å². The number of anilines is 1. The molecule has 0 amide bonds. The largest absolute Gasteiger partial charge is 0.393 e. The number of hydrogen-bond acceptors (Lipinski definition) is 5. The van der Waals surface area contributed by atoms with Gasteiger partial charge in [0.25, 0.3) is 0 Å². The van der Waals surface area contributed by atoms with Gasteiger partial charge in [0, 0.05) is 10.4 Å². The van der Waals surface area contributed by atoms with Gasteiger partial charge in [0.05, 0.1) is 17.7 Å². The molecule has 6 heteroatoms. The van der Waals surface area contributed by atoms with Crippen molar-refractivity contribution in [2.45, 2.75) is 39.4 Å². The predicted octanol–water partition coefficient (Wildman–Crippen LogP) is 5.00. The summed E-state index contributed by atoms with van der Waals surface area (Å²) >= 11 is 6.11. The molecule has 0 saturated heterocycles. The maximum Gasteiger partial charge on any atom is 0.140 e. The van der Waals surface area contributed by atoms with Crippen LogP contribution in [0.1, 0.15) is 38.0 Å². The van der Waals surface area contributed by atoms with E-state index >= 15 is 0 Å². The van der Waals surface area contributed by atoms with Gasteiger partial charge in [0.2, 0.25) is 0 Å². The van der Waals surface area contributed by atoms with Gasteiger partial charge in [-0.1, -0.05) is 23.7 Å². The fourth-order valence-corrected chi connectivity index (χ4v) is 3.58. The first kappa shape index (κ1) is 20.6. The van der Waals surface area contributed by atoms with Crippen molar-refractivity contribution in [1.29, 1.82) is 0 Å². The van der Waals surface area contributed by atoms with E-state index in [-0.39, 0.29) is 6.61 Å². The van der Waals surface area contributed by atoms with Gasteiger partial charge in [-0.2, -0.15) is 0 Å². The maximum atomic E-state index is 10.1. The first-order valence-corrected chi connectivity index (χ1v) is 9.57. The average molecular weight is 400 g/mol. The van der Waals surface area contributed by atoms with Gasteiger partial charge in [-0.15, -0.1) is 0 Å². The number of nitrogens with one attached hydrogen (secondary N) is 1. The third kappa shape index (κ3) is 4.28. The smallest absolute Gasteiger partial charge is 0.140 e. The molecule has 0 aliphatic carbocycles. The number of fused-ring (bicyclic) bond motifs is 1. The summed E-state index contributed by atoms with van der Waals surface area (Å²) in [5.41, 5.74) is 6.90. The number of aryl methyl sites for hydroxylation is 1. The molecule has 5 nitrogen and oxygen atoms in total. The fraction of sp³-hybridized carbons (Fsp3) is 0.318. The van der Waals surface area contributed by atoms with Gasteiger partial charge in [-0.3, -0.25) is 0 Å². The van der Waals surface area contributed by atoms with Crippen molar-refractivity contribution >= 4 is 28.3 Å². The number of ether oxygens (including phenoxy) is 1. The van der Waals surface area contributed by atoms with Crippen LogP contribution in [0.2, 0.25) is 5.02 Å². The molecule has 0 spiro atoms. The Labute approximate surface area is 170 Å². The van der Waals surface area contributed by atoms with Crippen LogP contribution in [0.25, 0.3) is 22.0 Å². The van der Waals surface area contributed by atoms with Gasteiger partial charge in [0.15, 0.2) is 0 Å². The molecule has 2 aromatic carbocycles. The standard InChI is InChI=1S/C22H26ClN3O2/c1-13-11-17-16(9-10-19(25-17)26-24)21(14-5-7-15(23)8-6-14)20(13)18(12-27)28-22(2,3)4/h5-11,18,27H,12,24H2,1-4H3,(H,25,26). The lowest BCUT2D eigenvalue weighted by molar-refractivity contribution is -0.0821. The Bertz CT molecular complexity index is 982. The summed E-state index contributed by atoms with van der Waals surface area (Å²) in [7, 11) is 0. The molecule has 1 atom stereocenters. The molecule has 28 heavy (non-hydrogen) atoms. The van der Waals surface area contributed by atoms with Crippen molar-refractivity contribution in [2.75, 3.05) is 12.0 Å². The molecule has 0 aliphatic rings. The molecule has 4 N–H and O–H groups in total. The number of hydrazine groups is 1. The molecule has 0 radical (unpaired) electrons. The van der Waals surface area contributed by atoms with E-state index < -0.39 is 11.7 Å². The van der Waals surface area contributed by atoms with Crippen LogP contribution < -0.4 is 11.3 Å². The number of aromatic nitrogens is 1. The van der Waals surface area contributed by atoms with Crippen molar-refractivity contribution in [2.24, 2.45) is 5.84 Å². The average Bonchev–Trinajstić information content (AvgIpc) is 2.65. The molecule has 1 unspecified atom stereocenters. The Morgan fingerprint density at radius 2 is 1.86 bits per heavy atom. The molecule has 0 aliphatic heterocycles. The van der Waals surface area contributed by atoms with E-state index in [2.05, 4.69) is 10.4 Å². The van der Waals surface area contributed by atoms with Crippen LogP contribution in [0, 0.1) is 6.92 Å². The molecular weight excluding hydrogens is 374 g/mol. The van der Waals surface area contributed by atoms with Crippen molar-refractivity contribution in [3.8, 4) is 11.1 Å². The Morgan fingerprint density at radius 1 is 1.18 bits per heavy atom. The number of halogens is 1. The number of aliphatic hydroxyl groups is 1. The summed E-state index contributed by atoms with van der Waals surface area (Å²) in [5.74, 6) is 6.12. The lowest BCUT2D eigenvalue weighted by atomic mass is 9.88. The summed E-state index contributed by atoms with van der Waals surface area (Å²) in [6, 6.07) is 13.5. The monoisotopic (exact) mass is 399 g/mol. The summed E-state index contributed by atoms with van der Waals surface area (Å²) in [6.07, 6.45) is -0.470. The first-order chi connectivity index (χ1) is 13.2. The van der Waals surface area contributed by atoms with E-state index in [0.717, 1.165) is 33.2 Å². The minimum Gasteiger partial charge on any atom is -0.393 e. The Kier molecular flexibility index (Phi) is 5.91. The SMILES string of the molecule is Cc1cc2nc(NN)ccc2c(-c2ccc(Cl)cc2)c1C(CO)OC(C)(C)C. The van der Waals surface area contributed by atoms with Gasteiger partial charge in [-0.25, -0.2) is 10.8 Å². The molecule has 3 rings (SSSR count). The third-order valence-electron chi connectivity index (χ3n) is 4.51. The Balaban J connectivity index is 2.33. The van der Waals surface area contributed by atoms with Crippen molar-refractivity contribution < 1.29 is 9.84 Å². The van der Waals surface area contributed by atoms with Crippen LogP contribution in [0.5, 0.6) is 0 Å². The number of pyridine rings is 1. The molecule has 148 valence electrons. The normalized spacial score (nSPS) is 13.0. The van der Waals surface area contributed by atoms with Crippen molar-refractivity contribution in [3.63, 3.8) is 0 Å². The summed E-state index contributed by atoms with van der Waals surface area (Å²) in [5, 5.41) is 11.8. The van der Waals surface area contributed by atoms with Crippen molar-refractivity contribution in [3.05, 3.63) is 58.6 Å². The van der Waals surface area contributed by atoms with E-state index in [1.54, 1.807) is 0 Å². The molecular formula is C22H26ClN3O2. The number of nitrogen functional groups attached to an aromatic ring is 1. The van der Waals surface area contributed by atoms with E-state index in [9.17, 15) is 5.11 Å². The zero-order valence-corrected chi connectivity index (χ0v) is 17.3. The van der Waals surface area contributed by atoms with Crippen LogP contribution in [0.15, 0.2) is 42.5 Å². The quantitative estimate of drug-likeness (QED) is 0.415. The second-order valence-corrected chi connectivity index (χ2v) is 8.23. The number of benzene rings is 2. The highest BCUT2D eigenvalue weighted by molar-refractivity contribution is 6.30. The van der Waals surface area contributed by atoms with Crippen molar-refractivity contribution in [1.82, 2.24) is 4.98 Å². The van der Waals surface area contributed by atoms with E-state index in [1.165, 1.54) is 0 Å². The summed E-state index contributed by atoms with van der Waals surface area (Å²) in [6.45, 7) is 7.82. The van der Waals surface area contributed by atoms with Gasteiger partial charge >= 0.3 is 0 Å². The fourth-order valence-electron chi connectivity index (χ4n) is 3.46. The third-order valence-corrected chi connectivity index (χ3v) is 4.76. The topological polar surface area (TPSA) is 80.4 Å². The molecule has 1 aromatic heterocycles. The number of hydrogen-bond donors (Lipinski definition) is 3. The number of rotatable bonds is 5. The zero-order chi connectivity index (χ0) is 20.5. The molecule has 3 aromatic rings. The minimum atomic E-state index is -0.470. The van der Waals surface area contributed by atoms with Crippen LogP contribution in [0.3, 0.4) is 0 Å².